The molecule has 0 heterocycles. The van der Waals surface area contributed by atoms with Crippen molar-refractivity contribution in [1.82, 2.24) is 10.6 Å². The largest absolute Gasteiger partial charge is 0.480 e. The molecule has 0 aromatic rings. The van der Waals surface area contributed by atoms with Gasteiger partial charge in [-0.2, -0.15) is 0 Å². The molecule has 0 saturated heterocycles. The number of carbonyl (C=O) groups excluding carboxylic acids is 2. The number of rotatable bonds is 7. The van der Waals surface area contributed by atoms with Crippen LogP contribution in [0.15, 0.2) is 0 Å². The molecule has 0 radical (unpaired) electrons. The van der Waals surface area contributed by atoms with Crippen molar-refractivity contribution in [2.45, 2.75) is 38.3 Å². The summed E-state index contributed by atoms with van der Waals surface area (Å²) in [5.74, 6) is -1.82. The first-order valence-corrected chi connectivity index (χ1v) is 5.38. The van der Waals surface area contributed by atoms with E-state index in [1.807, 2.05) is 0 Å². The molecule has 18 heavy (non-hydrogen) atoms. The third-order valence-corrected chi connectivity index (χ3v) is 2.09. The van der Waals surface area contributed by atoms with Gasteiger partial charge in [-0.25, -0.2) is 9.59 Å². The van der Waals surface area contributed by atoms with E-state index in [-0.39, 0.29) is 19.4 Å². The van der Waals surface area contributed by atoms with Crippen LogP contribution in [-0.4, -0.2) is 46.3 Å². The number of amides is 3. The molecule has 1 unspecified atom stereocenters. The van der Waals surface area contributed by atoms with Crippen molar-refractivity contribution in [2.24, 2.45) is 5.73 Å². The molecular weight excluding hydrogens is 242 g/mol. The first-order valence-electron chi connectivity index (χ1n) is 5.38. The summed E-state index contributed by atoms with van der Waals surface area (Å²) in [7, 11) is 0. The Morgan fingerprint density at radius 1 is 1.33 bits per heavy atom. The fraction of sp³-hybridized carbons (Fsp3) is 0.700. The number of hydrogen-bond donors (Lipinski definition) is 5. The highest BCUT2D eigenvalue weighted by Gasteiger charge is 2.25. The van der Waals surface area contributed by atoms with Gasteiger partial charge in [0, 0.05) is 25.0 Å². The summed E-state index contributed by atoms with van der Waals surface area (Å²) in [5, 5.41) is 22.0. The monoisotopic (exact) mass is 261 g/mol. The molecule has 0 saturated carbocycles. The van der Waals surface area contributed by atoms with Crippen LogP contribution in [0.1, 0.15) is 26.7 Å². The lowest BCUT2D eigenvalue weighted by Crippen LogP contribution is -2.54. The lowest BCUT2D eigenvalue weighted by atomic mass is 10.0. The smallest absolute Gasteiger partial charge is 0.326 e. The first-order chi connectivity index (χ1) is 8.18. The molecule has 0 rings (SSSR count). The van der Waals surface area contributed by atoms with E-state index in [1.54, 1.807) is 13.8 Å². The van der Waals surface area contributed by atoms with Gasteiger partial charge in [0.2, 0.25) is 5.91 Å². The SMILES string of the molecule is CC(C)(CC(N)=O)NC(=O)NC(CCO)C(=O)O. The van der Waals surface area contributed by atoms with E-state index in [4.69, 9.17) is 15.9 Å². The van der Waals surface area contributed by atoms with E-state index in [1.165, 1.54) is 0 Å². The van der Waals surface area contributed by atoms with Crippen LogP contribution in [0.3, 0.4) is 0 Å². The molecule has 3 amide bonds. The topological polar surface area (TPSA) is 142 Å². The molecule has 0 aliphatic heterocycles. The standard InChI is InChI=1S/C10H19N3O5/c1-10(2,5-7(11)15)13-9(18)12-6(3-4-14)8(16)17/h6,14H,3-5H2,1-2H3,(H2,11,15)(H,16,17)(H2,12,13,18). The molecule has 0 bridgehead atoms. The highest BCUT2D eigenvalue weighted by molar-refractivity contribution is 5.83. The van der Waals surface area contributed by atoms with Crippen LogP contribution in [-0.2, 0) is 9.59 Å². The van der Waals surface area contributed by atoms with Gasteiger partial charge in [-0.05, 0) is 13.8 Å². The molecule has 0 aromatic carbocycles. The minimum absolute atomic E-state index is 0.0713. The molecular formula is C10H19N3O5. The zero-order chi connectivity index (χ0) is 14.3. The lowest BCUT2D eigenvalue weighted by molar-refractivity contribution is -0.139. The Bertz CT molecular complexity index is 329. The second kappa shape index (κ2) is 6.80. The lowest BCUT2D eigenvalue weighted by Gasteiger charge is -2.26. The predicted molar refractivity (Wildman–Crippen MR) is 62.7 cm³/mol. The summed E-state index contributed by atoms with van der Waals surface area (Å²) in [5.41, 5.74) is 4.14. The van der Waals surface area contributed by atoms with Crippen LogP contribution in [0, 0.1) is 0 Å². The van der Waals surface area contributed by atoms with E-state index in [2.05, 4.69) is 10.6 Å². The van der Waals surface area contributed by atoms with Crippen LogP contribution in [0.5, 0.6) is 0 Å². The molecule has 6 N–H and O–H groups in total. The molecule has 0 fully saturated rings. The Morgan fingerprint density at radius 3 is 2.28 bits per heavy atom. The highest BCUT2D eigenvalue weighted by atomic mass is 16.4. The number of nitrogens with one attached hydrogen (secondary N) is 2. The summed E-state index contributed by atoms with van der Waals surface area (Å²) in [6, 6.07) is -1.92. The number of carboxylic acid groups (broad SMARTS) is 1. The van der Waals surface area contributed by atoms with E-state index in [0.717, 1.165) is 0 Å². The number of nitrogens with two attached hydrogens (primary N) is 1. The highest BCUT2D eigenvalue weighted by Crippen LogP contribution is 2.07. The predicted octanol–water partition coefficient (Wildman–Crippen LogP) is -1.22. The molecule has 0 aromatic heterocycles. The van der Waals surface area contributed by atoms with Crippen molar-refractivity contribution in [3.63, 3.8) is 0 Å². The molecule has 0 aliphatic rings. The summed E-state index contributed by atoms with van der Waals surface area (Å²) in [6.07, 6.45) is -0.169. The number of aliphatic hydroxyl groups is 1. The van der Waals surface area contributed by atoms with Crippen LogP contribution in [0.2, 0.25) is 0 Å². The number of hydrogen-bond acceptors (Lipinski definition) is 4. The number of aliphatic carboxylic acids is 1. The summed E-state index contributed by atoms with van der Waals surface area (Å²) in [4.78, 5) is 33.0. The second-order valence-electron chi connectivity index (χ2n) is 4.53. The molecule has 1 atom stereocenters. The Kier molecular flexibility index (Phi) is 6.11. The molecule has 104 valence electrons. The number of carboxylic acids is 1. The Morgan fingerprint density at radius 2 is 1.89 bits per heavy atom. The third-order valence-electron chi connectivity index (χ3n) is 2.09. The Balaban J connectivity index is 4.39. The Hall–Kier alpha value is -1.83. The fourth-order valence-electron chi connectivity index (χ4n) is 1.37. The average Bonchev–Trinajstić information content (AvgIpc) is 2.13. The number of aliphatic hydroxyl groups excluding tert-OH is 1. The first kappa shape index (κ1) is 16.2. The maximum absolute atomic E-state index is 11.5. The zero-order valence-electron chi connectivity index (χ0n) is 10.4. The van der Waals surface area contributed by atoms with Gasteiger partial charge in [-0.3, -0.25) is 4.79 Å². The van der Waals surface area contributed by atoms with Gasteiger partial charge in [-0.15, -0.1) is 0 Å². The molecule has 8 nitrogen and oxygen atoms in total. The number of urea groups is 1. The van der Waals surface area contributed by atoms with Crippen molar-refractivity contribution in [3.8, 4) is 0 Å². The molecule has 0 aliphatic carbocycles. The number of carbonyl (C=O) groups is 3. The van der Waals surface area contributed by atoms with Gasteiger partial charge in [-0.1, -0.05) is 0 Å². The maximum Gasteiger partial charge on any atom is 0.326 e. The zero-order valence-corrected chi connectivity index (χ0v) is 10.4. The van der Waals surface area contributed by atoms with Gasteiger partial charge < -0.3 is 26.6 Å². The minimum Gasteiger partial charge on any atom is -0.480 e. The summed E-state index contributed by atoms with van der Waals surface area (Å²) in [6.45, 7) is 2.81. The van der Waals surface area contributed by atoms with Crippen LogP contribution >= 0.6 is 0 Å². The van der Waals surface area contributed by atoms with Crippen LogP contribution in [0.25, 0.3) is 0 Å². The van der Waals surface area contributed by atoms with Gasteiger partial charge >= 0.3 is 12.0 Å². The Labute approximate surface area is 105 Å². The van der Waals surface area contributed by atoms with E-state index in [9.17, 15) is 14.4 Å². The van der Waals surface area contributed by atoms with Crippen molar-refractivity contribution in [1.29, 1.82) is 0 Å². The average molecular weight is 261 g/mol. The van der Waals surface area contributed by atoms with Crippen molar-refractivity contribution < 1.29 is 24.6 Å². The minimum atomic E-state index is -1.24. The molecule has 8 heteroatoms. The number of primary amides is 1. The third kappa shape index (κ3) is 6.69. The molecule has 0 spiro atoms. The van der Waals surface area contributed by atoms with Crippen LogP contribution in [0.4, 0.5) is 4.79 Å². The maximum atomic E-state index is 11.5. The van der Waals surface area contributed by atoms with Gasteiger partial charge in [0.25, 0.3) is 0 Å². The van der Waals surface area contributed by atoms with Gasteiger partial charge in [0.1, 0.15) is 6.04 Å². The van der Waals surface area contributed by atoms with Gasteiger partial charge in [0.05, 0.1) is 0 Å². The van der Waals surface area contributed by atoms with E-state index >= 15 is 0 Å². The van der Waals surface area contributed by atoms with Crippen molar-refractivity contribution in [2.75, 3.05) is 6.61 Å². The van der Waals surface area contributed by atoms with Crippen molar-refractivity contribution >= 4 is 17.9 Å². The second-order valence-corrected chi connectivity index (χ2v) is 4.53. The van der Waals surface area contributed by atoms with E-state index in [0.29, 0.717) is 0 Å². The quantitative estimate of drug-likeness (QED) is 0.390. The van der Waals surface area contributed by atoms with Crippen LogP contribution < -0.4 is 16.4 Å². The van der Waals surface area contributed by atoms with Gasteiger partial charge in [0.15, 0.2) is 0 Å². The fourth-order valence-corrected chi connectivity index (χ4v) is 1.37. The van der Waals surface area contributed by atoms with Crippen molar-refractivity contribution in [3.05, 3.63) is 0 Å². The van der Waals surface area contributed by atoms with E-state index < -0.39 is 29.5 Å². The summed E-state index contributed by atoms with van der Waals surface area (Å²) < 4.78 is 0. The normalized spacial score (nSPS) is 12.6. The summed E-state index contributed by atoms with van der Waals surface area (Å²) >= 11 is 0.